The number of nitro benzene ring substituents is 1. The molecule has 2 heterocycles. The second-order valence-electron chi connectivity index (χ2n) is 11.4. The molecule has 3 aromatic rings. The number of nitro groups is 1. The van der Waals surface area contributed by atoms with Gasteiger partial charge in [-0.25, -0.2) is 9.79 Å². The third-order valence-electron chi connectivity index (χ3n) is 8.88. The lowest BCUT2D eigenvalue weighted by atomic mass is 9.68. The Labute approximate surface area is 262 Å². The van der Waals surface area contributed by atoms with Crippen LogP contribution in [0, 0.1) is 16.0 Å². The zero-order valence-electron chi connectivity index (χ0n) is 25.4. The average Bonchev–Trinajstić information content (AvgIpc) is 3.06. The van der Waals surface area contributed by atoms with Crippen LogP contribution in [0.1, 0.15) is 43.7 Å². The first-order valence-corrected chi connectivity index (χ1v) is 15.1. The second-order valence-corrected chi connectivity index (χ2v) is 11.4. The summed E-state index contributed by atoms with van der Waals surface area (Å²) in [6.45, 7) is 3.95. The maximum atomic E-state index is 13.9. The Hall–Kier alpha value is -4.90. The van der Waals surface area contributed by atoms with Crippen LogP contribution in [0.4, 0.5) is 16.2 Å². The fraction of sp³-hybridized carbons (Fsp3) is 0.353. The minimum atomic E-state index is -1.11. The predicted octanol–water partition coefficient (Wildman–Crippen LogP) is 5.09. The number of esters is 1. The number of aliphatic imine (C=N–C) groups is 1. The number of hydrogen-bond donors (Lipinski definition) is 1. The van der Waals surface area contributed by atoms with Gasteiger partial charge < -0.3 is 15.0 Å². The number of nitrogens with zero attached hydrogens (tertiary/aromatic N) is 4. The molecule has 0 aliphatic carbocycles. The number of benzene rings is 3. The van der Waals surface area contributed by atoms with E-state index in [1.807, 2.05) is 12.1 Å². The van der Waals surface area contributed by atoms with E-state index in [4.69, 9.17) is 4.74 Å². The smallest absolute Gasteiger partial charge is 0.342 e. The first kappa shape index (κ1) is 31.5. The highest BCUT2D eigenvalue weighted by molar-refractivity contribution is 6.10. The van der Waals surface area contributed by atoms with Crippen molar-refractivity contribution in [2.45, 2.75) is 44.2 Å². The van der Waals surface area contributed by atoms with E-state index in [1.54, 1.807) is 0 Å². The number of piperidine rings is 1. The fourth-order valence-corrected chi connectivity index (χ4v) is 6.53. The molecule has 2 aliphatic heterocycles. The summed E-state index contributed by atoms with van der Waals surface area (Å²) in [6.07, 6.45) is 1.45. The molecule has 2 unspecified atom stereocenters. The molecule has 5 rings (SSSR count). The van der Waals surface area contributed by atoms with Crippen LogP contribution in [0.15, 0.2) is 89.9 Å². The summed E-state index contributed by atoms with van der Waals surface area (Å²) < 4.78 is 4.98. The topological polar surface area (TPSA) is 134 Å². The number of carbonyl (C=O) groups excluding carboxylic acids is 3. The molecule has 11 heteroatoms. The van der Waals surface area contributed by atoms with Gasteiger partial charge in [0, 0.05) is 35.4 Å². The van der Waals surface area contributed by atoms with Crippen LogP contribution in [0.5, 0.6) is 0 Å². The van der Waals surface area contributed by atoms with Gasteiger partial charge in [-0.2, -0.15) is 0 Å². The Balaban J connectivity index is 1.31. The Morgan fingerprint density at radius 2 is 1.58 bits per heavy atom. The van der Waals surface area contributed by atoms with Crippen LogP contribution in [-0.4, -0.2) is 66.4 Å². The number of carbonyl (C=O) groups is 3. The number of rotatable bonds is 10. The number of hydrogen-bond acceptors (Lipinski definition) is 7. The summed E-state index contributed by atoms with van der Waals surface area (Å²) in [5, 5.41) is 13.9. The minimum Gasteiger partial charge on any atom is -0.468 e. The molecule has 45 heavy (non-hydrogen) atoms. The first-order valence-electron chi connectivity index (χ1n) is 15.1. The monoisotopic (exact) mass is 611 g/mol. The van der Waals surface area contributed by atoms with Crippen molar-refractivity contribution in [2.24, 2.45) is 10.9 Å². The van der Waals surface area contributed by atoms with Crippen LogP contribution < -0.4 is 10.2 Å². The number of urea groups is 1. The van der Waals surface area contributed by atoms with Crippen LogP contribution in [-0.2, 0) is 19.7 Å². The van der Waals surface area contributed by atoms with E-state index in [0.29, 0.717) is 18.7 Å². The quantitative estimate of drug-likeness (QED) is 0.192. The van der Waals surface area contributed by atoms with Gasteiger partial charge in [0.05, 0.1) is 12.0 Å². The molecule has 0 saturated carbocycles. The lowest BCUT2D eigenvalue weighted by Gasteiger charge is -2.43. The molecule has 3 amide bonds. The van der Waals surface area contributed by atoms with E-state index in [1.165, 1.54) is 54.3 Å². The molecule has 0 radical (unpaired) electrons. The number of likely N-dealkylation sites (tertiary alicyclic amines) is 1. The lowest BCUT2D eigenvalue weighted by molar-refractivity contribution is -0.384. The summed E-state index contributed by atoms with van der Waals surface area (Å²) in [4.78, 5) is 57.4. The molecule has 11 nitrogen and oxygen atoms in total. The fourth-order valence-electron chi connectivity index (χ4n) is 6.53. The van der Waals surface area contributed by atoms with Crippen LogP contribution in [0.2, 0.25) is 0 Å². The number of ether oxygens (including phenoxy) is 1. The van der Waals surface area contributed by atoms with Gasteiger partial charge in [-0.1, -0.05) is 60.7 Å². The third-order valence-corrected chi connectivity index (χ3v) is 8.88. The Morgan fingerprint density at radius 3 is 2.11 bits per heavy atom. The molecular formula is C34H37N5O6. The van der Waals surface area contributed by atoms with Gasteiger partial charge >= 0.3 is 12.0 Å². The van der Waals surface area contributed by atoms with Gasteiger partial charge in [0.15, 0.2) is 0 Å². The highest BCUT2D eigenvalue weighted by Gasteiger charge is 2.43. The predicted molar refractivity (Wildman–Crippen MR) is 170 cm³/mol. The molecule has 3 aromatic carbocycles. The summed E-state index contributed by atoms with van der Waals surface area (Å²) in [7, 11) is 1.23. The first-order chi connectivity index (χ1) is 21.7. The molecule has 2 atom stereocenters. The van der Waals surface area contributed by atoms with Gasteiger partial charge in [0.2, 0.25) is 5.91 Å². The molecule has 2 aliphatic rings. The Kier molecular flexibility index (Phi) is 9.68. The SMILES string of the molecule is COC(=O)C1C(C)=NC(=O)NC1N(C(=O)CCCN1CCC(c2ccccc2)(c2ccccc2)CC1)c1ccc([N+](=O)[O-])cc1. The van der Waals surface area contributed by atoms with E-state index in [-0.39, 0.29) is 29.1 Å². The van der Waals surface area contributed by atoms with E-state index in [9.17, 15) is 24.5 Å². The van der Waals surface area contributed by atoms with Gasteiger partial charge in [0.1, 0.15) is 12.1 Å². The van der Waals surface area contributed by atoms with E-state index in [2.05, 4.69) is 63.7 Å². The van der Waals surface area contributed by atoms with Crippen molar-refractivity contribution in [3.63, 3.8) is 0 Å². The number of nitrogens with one attached hydrogen (secondary N) is 1. The zero-order chi connectivity index (χ0) is 32.0. The van der Waals surface area contributed by atoms with Gasteiger partial charge in [-0.15, -0.1) is 0 Å². The molecule has 0 aromatic heterocycles. The standard InChI is InChI=1S/C34H37N5O6/c1-24-30(32(41)45-2)31(36-33(42)35-24)38(27-15-17-28(18-16-27)39(43)44)29(40)14-9-21-37-22-19-34(20-23-37,25-10-5-3-6-11-25)26-12-7-4-8-13-26/h3-8,10-13,15-18,30-31H,9,14,19-23H2,1-2H3,(H,36,42). The van der Waals surface area contributed by atoms with Gasteiger partial charge in [-0.05, 0) is 69.1 Å². The summed E-state index contributed by atoms with van der Waals surface area (Å²) in [5.41, 5.74) is 2.91. The Bertz CT molecular complexity index is 1510. The summed E-state index contributed by atoms with van der Waals surface area (Å²) in [6, 6.07) is 26.0. The van der Waals surface area contributed by atoms with Crippen molar-refractivity contribution in [3.8, 4) is 0 Å². The molecule has 0 bridgehead atoms. The van der Waals surface area contributed by atoms with Crippen molar-refractivity contribution in [1.29, 1.82) is 0 Å². The van der Waals surface area contributed by atoms with E-state index in [0.717, 1.165) is 25.9 Å². The van der Waals surface area contributed by atoms with Crippen molar-refractivity contribution in [2.75, 3.05) is 31.6 Å². The maximum Gasteiger partial charge on any atom is 0.342 e. The molecular weight excluding hydrogens is 574 g/mol. The van der Waals surface area contributed by atoms with Gasteiger partial charge in [0.25, 0.3) is 5.69 Å². The third kappa shape index (κ3) is 6.78. The zero-order valence-corrected chi connectivity index (χ0v) is 25.4. The van der Waals surface area contributed by atoms with Crippen molar-refractivity contribution in [1.82, 2.24) is 10.2 Å². The van der Waals surface area contributed by atoms with Crippen LogP contribution in [0.25, 0.3) is 0 Å². The normalized spacial score (nSPS) is 19.6. The molecule has 234 valence electrons. The van der Waals surface area contributed by atoms with Crippen LogP contribution >= 0.6 is 0 Å². The summed E-state index contributed by atoms with van der Waals surface area (Å²) >= 11 is 0. The van der Waals surface area contributed by atoms with Crippen molar-refractivity contribution >= 4 is 35.0 Å². The molecule has 1 N–H and O–H groups in total. The highest BCUT2D eigenvalue weighted by atomic mass is 16.6. The van der Waals surface area contributed by atoms with Crippen LogP contribution in [0.3, 0.4) is 0 Å². The lowest BCUT2D eigenvalue weighted by Crippen LogP contribution is -2.60. The largest absolute Gasteiger partial charge is 0.468 e. The molecule has 1 fully saturated rings. The maximum absolute atomic E-state index is 13.9. The van der Waals surface area contributed by atoms with E-state index < -0.39 is 29.0 Å². The van der Waals surface area contributed by atoms with Crippen molar-refractivity contribution < 1.29 is 24.0 Å². The number of non-ortho nitro benzene ring substituents is 1. The molecule has 1 saturated heterocycles. The average molecular weight is 612 g/mol. The minimum absolute atomic E-state index is 0.0803. The molecule has 0 spiro atoms. The number of amides is 3. The second kappa shape index (κ2) is 13.8. The number of methoxy groups -OCH3 is 1. The Morgan fingerprint density at radius 1 is 1.00 bits per heavy atom. The summed E-state index contributed by atoms with van der Waals surface area (Å²) in [5.74, 6) is -2.04. The van der Waals surface area contributed by atoms with Crippen molar-refractivity contribution in [3.05, 3.63) is 106 Å². The number of anilines is 1. The van der Waals surface area contributed by atoms with Gasteiger partial charge in [-0.3, -0.25) is 24.6 Å². The highest BCUT2D eigenvalue weighted by Crippen LogP contribution is 2.41. The van der Waals surface area contributed by atoms with E-state index >= 15 is 0 Å².